The fourth-order valence-corrected chi connectivity index (χ4v) is 1.53. The van der Waals surface area contributed by atoms with E-state index in [1.807, 2.05) is 10.3 Å². The van der Waals surface area contributed by atoms with Gasteiger partial charge in [0.1, 0.15) is 6.04 Å². The molecule has 1 aliphatic heterocycles. The Morgan fingerprint density at radius 1 is 1.26 bits per heavy atom. The van der Waals surface area contributed by atoms with Crippen molar-refractivity contribution in [3.8, 4) is 0 Å². The lowest BCUT2D eigenvalue weighted by Gasteiger charge is -2.31. The summed E-state index contributed by atoms with van der Waals surface area (Å²) in [6.45, 7) is -0.256. The zero-order valence-corrected chi connectivity index (χ0v) is 9.09. The molecule has 0 amide bonds. The van der Waals surface area contributed by atoms with Gasteiger partial charge >= 0.3 is 17.9 Å². The van der Waals surface area contributed by atoms with Gasteiger partial charge in [-0.3, -0.25) is 14.5 Å². The molecule has 1 atom stereocenters. The molecule has 11 heteroatoms. The normalized spacial score (nSPS) is 20.9. The summed E-state index contributed by atoms with van der Waals surface area (Å²) in [6, 6.07) is -2.18. The lowest BCUT2D eigenvalue weighted by molar-refractivity contribution is -0.292. The Morgan fingerprint density at radius 2 is 1.95 bits per heavy atom. The summed E-state index contributed by atoms with van der Waals surface area (Å²) < 4.78 is 67.1. The molecule has 0 fully saturated rings. The molecule has 0 saturated heterocycles. The fraction of sp³-hybridized carbons (Fsp3) is 0.625. The molecular formula is C8H7F5N4O2. The second kappa shape index (κ2) is 4.31. The number of rotatable bonds is 2. The summed E-state index contributed by atoms with van der Waals surface area (Å²) in [4.78, 5) is 16.3. The molecule has 1 aliphatic rings. The first-order valence-electron chi connectivity index (χ1n) is 5.03. The number of aromatic amines is 1. The molecule has 19 heavy (non-hydrogen) atoms. The number of aromatic nitrogens is 2. The largest absolute Gasteiger partial charge is 0.455 e. The molecule has 2 rings (SSSR count). The zero-order valence-electron chi connectivity index (χ0n) is 9.09. The minimum Gasteiger partial charge on any atom is -0.358 e. The van der Waals surface area contributed by atoms with Crippen molar-refractivity contribution in [2.45, 2.75) is 24.6 Å². The van der Waals surface area contributed by atoms with E-state index in [-0.39, 0.29) is 18.2 Å². The van der Waals surface area contributed by atoms with Crippen molar-refractivity contribution in [3.05, 3.63) is 16.4 Å². The van der Waals surface area contributed by atoms with Crippen LogP contribution in [-0.2, 0) is 0 Å². The highest BCUT2D eigenvalue weighted by Crippen LogP contribution is 2.39. The van der Waals surface area contributed by atoms with Crippen LogP contribution in [0, 0.1) is 0 Å². The minimum atomic E-state index is -5.68. The molecule has 1 aromatic rings. The molecule has 106 valence electrons. The van der Waals surface area contributed by atoms with E-state index in [1.54, 1.807) is 0 Å². The number of halogens is 5. The van der Waals surface area contributed by atoms with Crippen LogP contribution >= 0.6 is 0 Å². The number of hydrogen-bond donors (Lipinski definition) is 2. The summed E-state index contributed by atoms with van der Waals surface area (Å²) in [5.74, 6) is -6.58. The van der Waals surface area contributed by atoms with Gasteiger partial charge in [-0.05, 0) is 6.42 Å². The number of H-pyrrole nitrogens is 1. The quantitative estimate of drug-likeness (QED) is 0.783. The number of aliphatic imine (C=N–C) groups is 1. The first-order chi connectivity index (χ1) is 8.72. The summed E-state index contributed by atoms with van der Waals surface area (Å²) in [5.41, 5.74) is 0. The Morgan fingerprint density at radius 3 is 2.47 bits per heavy atom. The van der Waals surface area contributed by atoms with Crippen molar-refractivity contribution in [1.82, 2.24) is 15.5 Å². The summed E-state index contributed by atoms with van der Waals surface area (Å²) in [6.07, 6.45) is -6.18. The van der Waals surface area contributed by atoms with Crippen LogP contribution in [0.15, 0.2) is 14.3 Å². The molecule has 0 spiro atoms. The molecule has 0 aromatic carbocycles. The number of nitrogens with zero attached hydrogens (tertiary/aromatic N) is 2. The topological polar surface area (TPSA) is 83.3 Å². The van der Waals surface area contributed by atoms with Crippen molar-refractivity contribution in [2.24, 2.45) is 4.99 Å². The Bertz CT molecular complexity index is 546. The van der Waals surface area contributed by atoms with Crippen molar-refractivity contribution in [2.75, 3.05) is 6.54 Å². The van der Waals surface area contributed by atoms with E-state index in [0.717, 1.165) is 0 Å². The smallest absolute Gasteiger partial charge is 0.358 e. The van der Waals surface area contributed by atoms with E-state index in [2.05, 4.69) is 14.7 Å². The SMILES string of the molecule is O=c1[nH]c(C2=NCCC(C(F)(F)C(F)(F)F)N2)no1. The van der Waals surface area contributed by atoms with Gasteiger partial charge in [-0.25, -0.2) is 4.79 Å². The van der Waals surface area contributed by atoms with E-state index in [1.165, 1.54) is 0 Å². The third kappa shape index (κ3) is 2.44. The number of alkyl halides is 5. The van der Waals surface area contributed by atoms with Gasteiger partial charge in [-0.2, -0.15) is 22.0 Å². The first kappa shape index (κ1) is 13.5. The maximum Gasteiger partial charge on any atom is 0.455 e. The van der Waals surface area contributed by atoms with Crippen LogP contribution in [0.5, 0.6) is 0 Å². The molecule has 1 aromatic heterocycles. The highest BCUT2D eigenvalue weighted by atomic mass is 19.4. The van der Waals surface area contributed by atoms with Crippen LogP contribution in [-0.4, -0.2) is 40.7 Å². The van der Waals surface area contributed by atoms with Crippen LogP contribution in [0.25, 0.3) is 0 Å². The standard InChI is InChI=1S/C8H7F5N4O2/c9-7(10,8(11,12)13)3-1-2-14-4(15-3)5-16-6(18)19-17-5/h3H,1-2H2,(H,14,15)(H,16,17,18). The van der Waals surface area contributed by atoms with Crippen molar-refractivity contribution < 1.29 is 26.5 Å². The molecule has 1 unspecified atom stereocenters. The maximum absolute atomic E-state index is 13.2. The predicted molar refractivity (Wildman–Crippen MR) is 51.1 cm³/mol. The van der Waals surface area contributed by atoms with E-state index in [9.17, 15) is 26.7 Å². The predicted octanol–water partition coefficient (Wildman–Crippen LogP) is 0.669. The Hall–Kier alpha value is -1.94. The van der Waals surface area contributed by atoms with E-state index in [0.29, 0.717) is 0 Å². The molecule has 0 bridgehead atoms. The third-order valence-corrected chi connectivity index (χ3v) is 2.48. The number of hydrogen-bond acceptors (Lipinski definition) is 5. The van der Waals surface area contributed by atoms with Crippen molar-refractivity contribution in [3.63, 3.8) is 0 Å². The molecule has 2 heterocycles. The average Bonchev–Trinajstić information content (AvgIpc) is 2.75. The van der Waals surface area contributed by atoms with Crippen molar-refractivity contribution >= 4 is 5.84 Å². The van der Waals surface area contributed by atoms with Gasteiger partial charge in [0, 0.05) is 6.54 Å². The lowest BCUT2D eigenvalue weighted by Crippen LogP contribution is -2.57. The van der Waals surface area contributed by atoms with Crippen LogP contribution < -0.4 is 11.1 Å². The van der Waals surface area contributed by atoms with Crippen LogP contribution in [0.4, 0.5) is 22.0 Å². The van der Waals surface area contributed by atoms with Gasteiger partial charge in [0.15, 0.2) is 5.84 Å². The molecule has 6 nitrogen and oxygen atoms in total. The van der Waals surface area contributed by atoms with Gasteiger partial charge in [-0.1, -0.05) is 5.16 Å². The molecule has 0 saturated carbocycles. The van der Waals surface area contributed by atoms with Crippen LogP contribution in [0.2, 0.25) is 0 Å². The summed E-state index contributed by atoms with van der Waals surface area (Å²) in [7, 11) is 0. The minimum absolute atomic E-state index is 0.256. The van der Waals surface area contributed by atoms with E-state index in [4.69, 9.17) is 0 Å². The average molecular weight is 286 g/mol. The maximum atomic E-state index is 13.2. The highest BCUT2D eigenvalue weighted by molar-refractivity contribution is 5.95. The summed E-state index contributed by atoms with van der Waals surface area (Å²) >= 11 is 0. The Balaban J connectivity index is 2.22. The van der Waals surface area contributed by atoms with Crippen LogP contribution in [0.1, 0.15) is 12.2 Å². The summed E-state index contributed by atoms with van der Waals surface area (Å²) in [5, 5.41) is 5.07. The van der Waals surface area contributed by atoms with Gasteiger partial charge < -0.3 is 5.32 Å². The number of amidine groups is 1. The number of nitrogens with one attached hydrogen (secondary N) is 2. The molecule has 0 aliphatic carbocycles. The van der Waals surface area contributed by atoms with Gasteiger partial charge in [0.2, 0.25) is 5.82 Å². The molecule has 0 radical (unpaired) electrons. The van der Waals surface area contributed by atoms with Gasteiger partial charge in [0.05, 0.1) is 0 Å². The molecular weight excluding hydrogens is 279 g/mol. The van der Waals surface area contributed by atoms with Crippen molar-refractivity contribution in [1.29, 1.82) is 0 Å². The van der Waals surface area contributed by atoms with Gasteiger partial charge in [-0.15, -0.1) is 0 Å². The highest BCUT2D eigenvalue weighted by Gasteiger charge is 2.62. The fourth-order valence-electron chi connectivity index (χ4n) is 1.53. The first-order valence-corrected chi connectivity index (χ1v) is 5.03. The second-order valence-corrected chi connectivity index (χ2v) is 3.78. The van der Waals surface area contributed by atoms with E-state index >= 15 is 0 Å². The Labute approximate surface area is 101 Å². The second-order valence-electron chi connectivity index (χ2n) is 3.78. The third-order valence-electron chi connectivity index (χ3n) is 2.48. The molecule has 2 N–H and O–H groups in total. The van der Waals surface area contributed by atoms with Gasteiger partial charge in [0.25, 0.3) is 0 Å². The zero-order chi connectivity index (χ0) is 14.3. The Kier molecular flexibility index (Phi) is 3.06. The van der Waals surface area contributed by atoms with Crippen LogP contribution in [0.3, 0.4) is 0 Å². The monoisotopic (exact) mass is 286 g/mol. The lowest BCUT2D eigenvalue weighted by atomic mass is 10.0. The van der Waals surface area contributed by atoms with E-state index < -0.39 is 30.3 Å².